The lowest BCUT2D eigenvalue weighted by Crippen LogP contribution is -2.18. The Kier molecular flexibility index (Phi) is 6.77. The third-order valence-corrected chi connectivity index (χ3v) is 3.68. The highest BCUT2D eigenvalue weighted by Crippen LogP contribution is 2.21. The van der Waals surface area contributed by atoms with Crippen molar-refractivity contribution in [3.05, 3.63) is 46.5 Å². The number of hydrogen-bond acceptors (Lipinski definition) is 2. The summed E-state index contributed by atoms with van der Waals surface area (Å²) in [6.45, 7) is 4.53. The Morgan fingerprint density at radius 2 is 2.18 bits per heavy atom. The van der Waals surface area contributed by atoms with Crippen LogP contribution in [0.2, 0.25) is 0 Å². The van der Waals surface area contributed by atoms with Crippen LogP contribution in [0.15, 0.2) is 29.3 Å². The van der Waals surface area contributed by atoms with Crippen molar-refractivity contribution < 1.29 is 8.78 Å². The van der Waals surface area contributed by atoms with E-state index < -0.39 is 11.6 Å². The van der Waals surface area contributed by atoms with Gasteiger partial charge in [-0.1, -0.05) is 6.08 Å². The Balaban J connectivity index is 2.41. The average molecular weight is 322 g/mol. The second-order valence-corrected chi connectivity index (χ2v) is 5.37. The van der Waals surface area contributed by atoms with Gasteiger partial charge in [0, 0.05) is 30.2 Å². The third-order valence-electron chi connectivity index (χ3n) is 2.10. The minimum absolute atomic E-state index is 0.0769. The maximum absolute atomic E-state index is 13.5. The fourth-order valence-electron chi connectivity index (χ4n) is 1.26. The summed E-state index contributed by atoms with van der Waals surface area (Å²) in [4.78, 5) is 0. The van der Waals surface area contributed by atoms with E-state index in [9.17, 15) is 8.78 Å². The summed E-state index contributed by atoms with van der Waals surface area (Å²) in [5, 5.41) is 3.01. The Hall–Kier alpha value is -0.390. The van der Waals surface area contributed by atoms with Gasteiger partial charge in [0.25, 0.3) is 0 Å². The van der Waals surface area contributed by atoms with Gasteiger partial charge in [0.05, 0.1) is 4.47 Å². The summed E-state index contributed by atoms with van der Waals surface area (Å²) in [7, 11) is 0. The van der Waals surface area contributed by atoms with Gasteiger partial charge in [-0.2, -0.15) is 11.8 Å². The molecular formula is C12H14BrF2NS. The first-order valence-electron chi connectivity index (χ1n) is 5.18. The van der Waals surface area contributed by atoms with Crippen LogP contribution in [-0.4, -0.2) is 18.1 Å². The fourth-order valence-corrected chi connectivity index (χ4v) is 2.25. The molecule has 17 heavy (non-hydrogen) atoms. The molecule has 94 valence electrons. The SMILES string of the molecule is C=CCSCCNCc1c(F)ccc(Br)c1F. The van der Waals surface area contributed by atoms with Crippen LogP contribution in [-0.2, 0) is 6.54 Å². The van der Waals surface area contributed by atoms with Gasteiger partial charge in [0.15, 0.2) is 0 Å². The van der Waals surface area contributed by atoms with E-state index in [0.29, 0.717) is 6.54 Å². The van der Waals surface area contributed by atoms with Crippen molar-refractivity contribution in [1.29, 1.82) is 0 Å². The molecule has 1 N–H and O–H groups in total. The molecule has 0 saturated carbocycles. The highest BCUT2D eigenvalue weighted by Gasteiger charge is 2.11. The van der Waals surface area contributed by atoms with Crippen molar-refractivity contribution >= 4 is 27.7 Å². The summed E-state index contributed by atoms with van der Waals surface area (Å²) in [5.41, 5.74) is 0.0769. The quantitative estimate of drug-likeness (QED) is 0.466. The summed E-state index contributed by atoms with van der Waals surface area (Å²) in [6.07, 6.45) is 1.83. The van der Waals surface area contributed by atoms with Gasteiger partial charge in [-0.3, -0.25) is 0 Å². The molecule has 0 saturated heterocycles. The van der Waals surface area contributed by atoms with Gasteiger partial charge in [-0.15, -0.1) is 6.58 Å². The summed E-state index contributed by atoms with van der Waals surface area (Å²) in [6, 6.07) is 2.63. The summed E-state index contributed by atoms with van der Waals surface area (Å²) >= 11 is 4.76. The molecule has 0 heterocycles. The third kappa shape index (κ3) is 4.77. The molecule has 0 bridgehead atoms. The van der Waals surface area contributed by atoms with Crippen molar-refractivity contribution in [3.8, 4) is 0 Å². The molecule has 0 atom stereocenters. The van der Waals surface area contributed by atoms with E-state index in [1.165, 1.54) is 12.1 Å². The second kappa shape index (κ2) is 7.84. The van der Waals surface area contributed by atoms with Crippen molar-refractivity contribution in [2.75, 3.05) is 18.1 Å². The Morgan fingerprint density at radius 1 is 1.41 bits per heavy atom. The molecule has 0 aliphatic heterocycles. The highest BCUT2D eigenvalue weighted by atomic mass is 79.9. The molecule has 0 aromatic heterocycles. The summed E-state index contributed by atoms with van der Waals surface area (Å²) in [5.74, 6) is 0.734. The van der Waals surface area contributed by atoms with Crippen LogP contribution in [0.4, 0.5) is 8.78 Å². The molecule has 0 fully saturated rings. The molecule has 0 radical (unpaired) electrons. The van der Waals surface area contributed by atoms with Crippen molar-refractivity contribution in [3.63, 3.8) is 0 Å². The molecule has 0 aliphatic rings. The first-order valence-corrected chi connectivity index (χ1v) is 7.13. The number of benzene rings is 1. The van der Waals surface area contributed by atoms with E-state index in [1.807, 2.05) is 6.08 Å². The lowest BCUT2D eigenvalue weighted by atomic mass is 10.2. The van der Waals surface area contributed by atoms with Crippen LogP contribution in [0.25, 0.3) is 0 Å². The van der Waals surface area contributed by atoms with Crippen LogP contribution in [0.1, 0.15) is 5.56 Å². The maximum Gasteiger partial charge on any atom is 0.144 e. The smallest absolute Gasteiger partial charge is 0.144 e. The molecule has 0 aliphatic carbocycles. The van der Waals surface area contributed by atoms with E-state index in [2.05, 4.69) is 27.8 Å². The molecule has 1 aromatic carbocycles. The Morgan fingerprint density at radius 3 is 2.88 bits per heavy atom. The van der Waals surface area contributed by atoms with Crippen LogP contribution in [0.5, 0.6) is 0 Å². The normalized spacial score (nSPS) is 10.5. The van der Waals surface area contributed by atoms with E-state index in [4.69, 9.17) is 0 Å². The molecule has 0 spiro atoms. The van der Waals surface area contributed by atoms with E-state index in [1.54, 1.807) is 11.8 Å². The van der Waals surface area contributed by atoms with Gasteiger partial charge in [0.2, 0.25) is 0 Å². The molecule has 0 unspecified atom stereocenters. The first-order chi connectivity index (χ1) is 8.16. The molecule has 1 nitrogen and oxygen atoms in total. The van der Waals surface area contributed by atoms with Gasteiger partial charge in [0.1, 0.15) is 11.6 Å². The zero-order chi connectivity index (χ0) is 12.7. The van der Waals surface area contributed by atoms with Crippen LogP contribution in [0, 0.1) is 11.6 Å². The lowest BCUT2D eigenvalue weighted by Gasteiger charge is -2.08. The molecule has 1 aromatic rings. The van der Waals surface area contributed by atoms with Crippen LogP contribution < -0.4 is 5.32 Å². The maximum atomic E-state index is 13.5. The van der Waals surface area contributed by atoms with Crippen LogP contribution >= 0.6 is 27.7 Å². The van der Waals surface area contributed by atoms with Gasteiger partial charge >= 0.3 is 0 Å². The first kappa shape index (κ1) is 14.7. The lowest BCUT2D eigenvalue weighted by molar-refractivity contribution is 0.536. The molecule has 0 amide bonds. The zero-order valence-electron chi connectivity index (χ0n) is 9.31. The minimum atomic E-state index is -0.531. The largest absolute Gasteiger partial charge is 0.312 e. The highest BCUT2D eigenvalue weighted by molar-refractivity contribution is 9.10. The Labute approximate surface area is 113 Å². The molecule has 1 rings (SSSR count). The monoisotopic (exact) mass is 321 g/mol. The van der Waals surface area contributed by atoms with E-state index >= 15 is 0 Å². The van der Waals surface area contributed by atoms with Gasteiger partial charge < -0.3 is 5.32 Å². The number of rotatable bonds is 7. The second-order valence-electron chi connectivity index (χ2n) is 3.36. The fraction of sp³-hybridized carbons (Fsp3) is 0.333. The number of nitrogens with one attached hydrogen (secondary N) is 1. The zero-order valence-corrected chi connectivity index (χ0v) is 11.7. The van der Waals surface area contributed by atoms with E-state index in [-0.39, 0.29) is 16.6 Å². The molecule has 5 heteroatoms. The Bertz CT molecular complexity index is 385. The minimum Gasteiger partial charge on any atom is -0.312 e. The van der Waals surface area contributed by atoms with Crippen molar-refractivity contribution in [2.24, 2.45) is 0 Å². The number of thioether (sulfide) groups is 1. The standard InChI is InChI=1S/C12H14BrF2NS/c1-2-6-17-7-5-16-8-9-11(14)4-3-10(13)12(9)15/h2-4,16H,1,5-8H2. The topological polar surface area (TPSA) is 12.0 Å². The number of hydrogen-bond donors (Lipinski definition) is 1. The van der Waals surface area contributed by atoms with Crippen molar-refractivity contribution in [1.82, 2.24) is 5.32 Å². The average Bonchev–Trinajstić information content (AvgIpc) is 2.32. The summed E-state index contributed by atoms with van der Waals surface area (Å²) < 4.78 is 27.2. The van der Waals surface area contributed by atoms with Crippen LogP contribution in [0.3, 0.4) is 0 Å². The molecular weight excluding hydrogens is 308 g/mol. The van der Waals surface area contributed by atoms with E-state index in [0.717, 1.165) is 11.5 Å². The predicted molar refractivity (Wildman–Crippen MR) is 73.3 cm³/mol. The predicted octanol–water partition coefficient (Wildman–Crippen LogP) is 3.74. The van der Waals surface area contributed by atoms with Crippen molar-refractivity contribution in [2.45, 2.75) is 6.54 Å². The van der Waals surface area contributed by atoms with Gasteiger partial charge in [-0.05, 0) is 28.1 Å². The number of halogens is 3. The van der Waals surface area contributed by atoms with Gasteiger partial charge in [-0.25, -0.2) is 8.78 Å².